The molecule has 70 valence electrons. The van der Waals surface area contributed by atoms with E-state index >= 15 is 0 Å². The van der Waals surface area contributed by atoms with Gasteiger partial charge >= 0.3 is 0 Å². The van der Waals surface area contributed by atoms with Crippen LogP contribution in [0.1, 0.15) is 18.6 Å². The van der Waals surface area contributed by atoms with Crippen molar-refractivity contribution in [3.8, 4) is 11.5 Å². The summed E-state index contributed by atoms with van der Waals surface area (Å²) in [6, 6.07) is 3.72. The molecule has 3 nitrogen and oxygen atoms in total. The molecule has 0 radical (unpaired) electrons. The van der Waals surface area contributed by atoms with E-state index in [4.69, 9.17) is 9.47 Å². The third kappa shape index (κ3) is 1.60. The van der Waals surface area contributed by atoms with Gasteiger partial charge in [0.25, 0.3) is 0 Å². The predicted octanol–water partition coefficient (Wildman–Crippen LogP) is 2.07. The van der Waals surface area contributed by atoms with Gasteiger partial charge in [-0.2, -0.15) is 0 Å². The molecular weight excluding hydrogens is 283 g/mol. The van der Waals surface area contributed by atoms with Gasteiger partial charge in [-0.25, -0.2) is 0 Å². The molecule has 1 heterocycles. The van der Waals surface area contributed by atoms with Crippen LogP contribution in [0.2, 0.25) is 0 Å². The Kier molecular flexibility index (Phi) is 2.33. The fourth-order valence-corrected chi connectivity index (χ4v) is 2.01. The minimum atomic E-state index is -0.469. The lowest BCUT2D eigenvalue weighted by Crippen LogP contribution is -1.93. The molecule has 1 aromatic carbocycles. The smallest absolute Gasteiger partial charge is 0.231 e. The van der Waals surface area contributed by atoms with Crippen LogP contribution in [0.3, 0.4) is 0 Å². The SMILES string of the molecule is CC(O)c1cc(I)c2c(c1)OCO2. The molecule has 0 aromatic heterocycles. The zero-order chi connectivity index (χ0) is 9.42. The molecule has 1 aliphatic rings. The highest BCUT2D eigenvalue weighted by molar-refractivity contribution is 14.1. The zero-order valence-corrected chi connectivity index (χ0v) is 9.24. The van der Waals surface area contributed by atoms with Crippen LogP contribution in [0.4, 0.5) is 0 Å². The van der Waals surface area contributed by atoms with Crippen LogP contribution >= 0.6 is 22.6 Å². The van der Waals surface area contributed by atoms with Crippen molar-refractivity contribution in [3.05, 3.63) is 21.3 Å². The van der Waals surface area contributed by atoms with Gasteiger partial charge < -0.3 is 14.6 Å². The molecule has 0 bridgehead atoms. The Morgan fingerprint density at radius 2 is 2.23 bits per heavy atom. The van der Waals surface area contributed by atoms with Gasteiger partial charge in [-0.05, 0) is 47.2 Å². The minimum Gasteiger partial charge on any atom is -0.454 e. The first-order chi connectivity index (χ1) is 6.18. The molecule has 1 atom stereocenters. The van der Waals surface area contributed by atoms with E-state index in [1.807, 2.05) is 12.1 Å². The fraction of sp³-hybridized carbons (Fsp3) is 0.333. The summed E-state index contributed by atoms with van der Waals surface area (Å²) in [5.74, 6) is 1.51. The number of benzene rings is 1. The van der Waals surface area contributed by atoms with Crippen LogP contribution in [-0.2, 0) is 0 Å². The molecule has 4 heteroatoms. The van der Waals surface area contributed by atoms with Gasteiger partial charge in [0.15, 0.2) is 11.5 Å². The Morgan fingerprint density at radius 3 is 2.92 bits per heavy atom. The van der Waals surface area contributed by atoms with Crippen molar-refractivity contribution in [2.45, 2.75) is 13.0 Å². The fourth-order valence-electron chi connectivity index (χ4n) is 1.23. The Bertz CT molecular complexity index is 336. The lowest BCUT2D eigenvalue weighted by molar-refractivity contribution is 0.173. The third-order valence-electron chi connectivity index (χ3n) is 1.93. The Morgan fingerprint density at radius 1 is 1.46 bits per heavy atom. The number of aliphatic hydroxyl groups is 1. The molecule has 0 saturated carbocycles. The summed E-state index contributed by atoms with van der Waals surface area (Å²) in [6.45, 7) is 2.00. The summed E-state index contributed by atoms with van der Waals surface area (Å²) in [6.07, 6.45) is -0.469. The molecule has 1 aliphatic heterocycles. The number of halogens is 1. The van der Waals surface area contributed by atoms with Crippen LogP contribution in [0.15, 0.2) is 12.1 Å². The lowest BCUT2D eigenvalue weighted by Gasteiger charge is -2.06. The van der Waals surface area contributed by atoms with E-state index in [0.29, 0.717) is 0 Å². The Hall–Kier alpha value is -0.490. The standard InChI is InChI=1S/C9H9IO3/c1-5(11)6-2-7(10)9-8(3-6)12-4-13-9/h2-3,5,11H,4H2,1H3. The van der Waals surface area contributed by atoms with E-state index in [9.17, 15) is 5.11 Å². The van der Waals surface area contributed by atoms with Crippen molar-refractivity contribution in [1.82, 2.24) is 0 Å². The van der Waals surface area contributed by atoms with E-state index < -0.39 is 6.10 Å². The van der Waals surface area contributed by atoms with Crippen molar-refractivity contribution < 1.29 is 14.6 Å². The molecule has 0 spiro atoms. The van der Waals surface area contributed by atoms with Crippen molar-refractivity contribution in [2.24, 2.45) is 0 Å². The van der Waals surface area contributed by atoms with Crippen molar-refractivity contribution in [3.63, 3.8) is 0 Å². The first-order valence-corrected chi connectivity index (χ1v) is 5.03. The number of hydrogen-bond donors (Lipinski definition) is 1. The summed E-state index contributed by atoms with van der Waals surface area (Å²) in [7, 11) is 0. The molecule has 2 rings (SSSR count). The van der Waals surface area contributed by atoms with Crippen LogP contribution in [0.5, 0.6) is 11.5 Å². The molecule has 0 aliphatic carbocycles. The first-order valence-electron chi connectivity index (χ1n) is 3.95. The molecule has 0 fully saturated rings. The molecule has 0 amide bonds. The van der Waals surface area contributed by atoms with Gasteiger partial charge in [-0.3, -0.25) is 0 Å². The maximum Gasteiger partial charge on any atom is 0.231 e. The Labute approximate surface area is 89.8 Å². The van der Waals surface area contributed by atoms with Crippen molar-refractivity contribution in [2.75, 3.05) is 6.79 Å². The lowest BCUT2D eigenvalue weighted by atomic mass is 10.1. The monoisotopic (exact) mass is 292 g/mol. The van der Waals surface area contributed by atoms with Crippen molar-refractivity contribution in [1.29, 1.82) is 0 Å². The molecule has 1 N–H and O–H groups in total. The average molecular weight is 292 g/mol. The second-order valence-electron chi connectivity index (χ2n) is 2.91. The van der Waals surface area contributed by atoms with Crippen LogP contribution in [-0.4, -0.2) is 11.9 Å². The van der Waals surface area contributed by atoms with Gasteiger partial charge in [-0.15, -0.1) is 0 Å². The predicted molar refractivity (Wildman–Crippen MR) is 55.9 cm³/mol. The van der Waals surface area contributed by atoms with E-state index in [-0.39, 0.29) is 6.79 Å². The zero-order valence-electron chi connectivity index (χ0n) is 7.08. The maximum absolute atomic E-state index is 9.38. The molecular formula is C9H9IO3. The van der Waals surface area contributed by atoms with E-state index in [0.717, 1.165) is 20.6 Å². The number of fused-ring (bicyclic) bond motifs is 1. The highest BCUT2D eigenvalue weighted by Crippen LogP contribution is 2.38. The number of ether oxygens (including phenoxy) is 2. The van der Waals surface area contributed by atoms with Crippen molar-refractivity contribution >= 4 is 22.6 Å². The second-order valence-corrected chi connectivity index (χ2v) is 4.07. The van der Waals surface area contributed by atoms with Gasteiger partial charge in [-0.1, -0.05) is 0 Å². The molecule has 13 heavy (non-hydrogen) atoms. The van der Waals surface area contributed by atoms with Crippen LogP contribution < -0.4 is 9.47 Å². The van der Waals surface area contributed by atoms with E-state index in [1.165, 1.54) is 0 Å². The quantitative estimate of drug-likeness (QED) is 0.805. The van der Waals surface area contributed by atoms with Crippen LogP contribution in [0, 0.1) is 3.57 Å². The summed E-state index contributed by atoms with van der Waals surface area (Å²) >= 11 is 2.17. The van der Waals surface area contributed by atoms with Crippen LogP contribution in [0.25, 0.3) is 0 Å². The first kappa shape index (κ1) is 9.08. The maximum atomic E-state index is 9.38. The normalized spacial score (nSPS) is 15.9. The van der Waals surface area contributed by atoms with Gasteiger partial charge in [0.2, 0.25) is 6.79 Å². The number of hydrogen-bond acceptors (Lipinski definition) is 3. The molecule has 1 aromatic rings. The molecule has 0 saturated heterocycles. The Balaban J connectivity index is 2.49. The van der Waals surface area contributed by atoms with E-state index in [2.05, 4.69) is 22.6 Å². The summed E-state index contributed by atoms with van der Waals surface area (Å²) in [5, 5.41) is 9.38. The second kappa shape index (κ2) is 3.34. The molecule has 1 unspecified atom stereocenters. The largest absolute Gasteiger partial charge is 0.454 e. The summed E-state index contributed by atoms with van der Waals surface area (Å²) in [4.78, 5) is 0. The van der Waals surface area contributed by atoms with Gasteiger partial charge in [0.05, 0.1) is 9.67 Å². The van der Waals surface area contributed by atoms with E-state index in [1.54, 1.807) is 6.92 Å². The topological polar surface area (TPSA) is 38.7 Å². The minimum absolute atomic E-state index is 0.272. The summed E-state index contributed by atoms with van der Waals surface area (Å²) < 4.78 is 11.5. The third-order valence-corrected chi connectivity index (χ3v) is 2.73. The van der Waals surface area contributed by atoms with Gasteiger partial charge in [0, 0.05) is 0 Å². The number of rotatable bonds is 1. The highest BCUT2D eigenvalue weighted by Gasteiger charge is 2.18. The summed E-state index contributed by atoms with van der Waals surface area (Å²) in [5.41, 5.74) is 0.855. The van der Waals surface area contributed by atoms with Gasteiger partial charge in [0.1, 0.15) is 0 Å². The highest BCUT2D eigenvalue weighted by atomic mass is 127. The average Bonchev–Trinajstić information content (AvgIpc) is 2.51. The number of aliphatic hydroxyl groups excluding tert-OH is 1.